The quantitative estimate of drug-likeness (QED) is 0.447. The predicted octanol–water partition coefficient (Wildman–Crippen LogP) is 2.30. The van der Waals surface area contributed by atoms with E-state index in [-0.39, 0.29) is 0 Å². The fraction of sp³-hybridized carbons (Fsp3) is 0.750. The van der Waals surface area contributed by atoms with Crippen LogP contribution in [0.25, 0.3) is 0 Å². The van der Waals surface area contributed by atoms with Gasteiger partial charge in [-0.2, -0.15) is 0 Å². The molecule has 0 aromatic heterocycles. The summed E-state index contributed by atoms with van der Waals surface area (Å²) in [6, 6.07) is 0. The molecule has 0 atom stereocenters. The molecule has 0 aromatic carbocycles. The molecule has 0 fully saturated rings. The van der Waals surface area contributed by atoms with Crippen LogP contribution >= 0.6 is 0 Å². The van der Waals surface area contributed by atoms with Crippen molar-refractivity contribution in [2.45, 2.75) is 32.5 Å². The van der Waals surface area contributed by atoms with Gasteiger partial charge in [-0.3, -0.25) is 0 Å². The average Bonchev–Trinajstić information content (AvgIpc) is 1.78. The van der Waals surface area contributed by atoms with Gasteiger partial charge >= 0.3 is 80.4 Å². The van der Waals surface area contributed by atoms with Crippen LogP contribution in [0.1, 0.15) is 12.8 Å². The van der Waals surface area contributed by atoms with Gasteiger partial charge in [-0.1, -0.05) is 0 Å². The molecule has 0 aromatic rings. The Morgan fingerprint density at radius 1 is 1.45 bits per heavy atom. The average molecular weight is 164 g/mol. The van der Waals surface area contributed by atoms with Crippen molar-refractivity contribution < 1.29 is 4.43 Å². The zero-order valence-corrected chi connectivity index (χ0v) is 9.24. The third-order valence-electron chi connectivity index (χ3n) is 1.28. The van der Waals surface area contributed by atoms with Crippen LogP contribution in [0.15, 0.2) is 10.8 Å². The summed E-state index contributed by atoms with van der Waals surface area (Å²) in [6.45, 7) is 11.4. The van der Waals surface area contributed by atoms with Crippen molar-refractivity contribution in [3.8, 4) is 0 Å². The summed E-state index contributed by atoms with van der Waals surface area (Å²) < 4.78 is 6.93. The molecule has 0 saturated heterocycles. The Bertz CT molecular complexity index is 129. The van der Waals surface area contributed by atoms with Crippen molar-refractivity contribution in [3.63, 3.8) is 0 Å². The first-order chi connectivity index (χ1) is 4.92. The molecule has 0 bridgehead atoms. The minimum atomic E-state index is -1.26. The normalized spacial score (nSPS) is 11.7. The topological polar surface area (TPSA) is 9.23 Å². The van der Waals surface area contributed by atoms with Crippen LogP contribution in [0.2, 0.25) is 19.6 Å². The van der Waals surface area contributed by atoms with E-state index in [9.17, 15) is 0 Å². The molecular weight excluding hydrogens is 147 g/mol. The Morgan fingerprint density at radius 3 is 2.36 bits per heavy atom. The minimum absolute atomic E-state index is 0.905. The molecule has 0 heterocycles. The summed E-state index contributed by atoms with van der Waals surface area (Å²) in [5, 5.41) is 0. The number of hydrogen-bond donors (Lipinski definition) is 0. The Hall–Kier alpha value is 0.514. The first kappa shape index (κ1) is 11.5. The summed E-state index contributed by atoms with van der Waals surface area (Å²) >= 11 is 2.06. The molecule has 0 N–H and O–H groups in total. The van der Waals surface area contributed by atoms with E-state index in [1.165, 1.54) is 4.25 Å². The van der Waals surface area contributed by atoms with Crippen molar-refractivity contribution in [2.75, 3.05) is 6.61 Å². The second kappa shape index (κ2) is 5.21. The maximum absolute atomic E-state index is 5.68. The monoisotopic (exact) mass is 164 g/mol. The number of rotatable bonds is 5. The molecule has 0 spiro atoms. The molecule has 11 heavy (non-hydrogen) atoms. The molecule has 60 valence electrons. The van der Waals surface area contributed by atoms with Crippen LogP contribution in [0, 0.1) is 0 Å². The van der Waals surface area contributed by atoms with Crippen molar-refractivity contribution >= 4 is 26.0 Å². The van der Waals surface area contributed by atoms with Gasteiger partial charge in [0, 0.05) is 0 Å². The molecule has 1 nitrogen and oxygen atoms in total. The molecule has 0 aliphatic rings. The third-order valence-corrected chi connectivity index (χ3v) is 2.35. The standard InChI is InChI=1S/C8H17OSi.Li/c1-5-6-7-8-9-10(2,3)4;/h1,6-8H2,2-4H3;. The summed E-state index contributed by atoms with van der Waals surface area (Å²) in [5.41, 5.74) is 0. The van der Waals surface area contributed by atoms with E-state index < -0.39 is 8.32 Å². The van der Waals surface area contributed by atoms with E-state index in [0.717, 1.165) is 19.4 Å². The number of allylic oxidation sites excluding steroid dienone is 1. The van der Waals surface area contributed by atoms with Gasteiger partial charge in [0.25, 0.3) is 0 Å². The van der Waals surface area contributed by atoms with E-state index >= 15 is 0 Å². The van der Waals surface area contributed by atoms with Crippen LogP contribution in [0.3, 0.4) is 0 Å². The second-order valence-corrected chi connectivity index (χ2v) is 8.53. The number of hydrogen-bond acceptors (Lipinski definition) is 1. The zero-order chi connectivity index (χ0) is 8.91. The van der Waals surface area contributed by atoms with Crippen LogP contribution in [0.4, 0.5) is 0 Å². The van der Waals surface area contributed by atoms with Crippen LogP contribution in [-0.4, -0.2) is 32.6 Å². The van der Waals surface area contributed by atoms with E-state index in [0.29, 0.717) is 0 Å². The first-order valence-electron chi connectivity index (χ1n) is 4.20. The maximum atomic E-state index is 5.68. The fourth-order valence-corrected chi connectivity index (χ4v) is 1.51. The van der Waals surface area contributed by atoms with E-state index in [1.807, 2.05) is 0 Å². The molecule has 0 unspecified atom stereocenters. The first-order valence-corrected chi connectivity index (χ1v) is 7.61. The van der Waals surface area contributed by atoms with Gasteiger partial charge in [-0.05, 0) is 0 Å². The van der Waals surface area contributed by atoms with E-state index in [4.69, 9.17) is 4.43 Å². The van der Waals surface area contributed by atoms with Gasteiger partial charge in [-0.25, -0.2) is 0 Å². The molecule has 0 rings (SSSR count). The summed E-state index contributed by atoms with van der Waals surface area (Å²) in [7, 11) is -1.26. The van der Waals surface area contributed by atoms with Crippen LogP contribution < -0.4 is 0 Å². The van der Waals surface area contributed by atoms with Gasteiger partial charge in [0.1, 0.15) is 0 Å². The Labute approximate surface area is 80.5 Å². The van der Waals surface area contributed by atoms with Gasteiger partial charge in [0.05, 0.1) is 0 Å². The van der Waals surface area contributed by atoms with Crippen LogP contribution in [0.5, 0.6) is 0 Å². The fourth-order valence-electron chi connectivity index (χ4n) is 0.752. The molecular formula is C8H17LiOSi. The predicted molar refractivity (Wildman–Crippen MR) is 53.4 cm³/mol. The van der Waals surface area contributed by atoms with Crippen molar-refractivity contribution in [1.82, 2.24) is 0 Å². The van der Waals surface area contributed by atoms with Gasteiger partial charge in [-0.15, -0.1) is 0 Å². The van der Waals surface area contributed by atoms with Crippen LogP contribution in [-0.2, 0) is 4.43 Å². The van der Waals surface area contributed by atoms with Crippen molar-refractivity contribution in [3.05, 3.63) is 10.8 Å². The SMILES string of the molecule is [Li][C](=C)CCCO[Si](C)(C)C. The van der Waals surface area contributed by atoms with Crippen molar-refractivity contribution in [1.29, 1.82) is 0 Å². The molecule has 0 saturated carbocycles. The second-order valence-electron chi connectivity index (χ2n) is 4.02. The Kier molecular flexibility index (Phi) is 5.45. The molecule has 0 amide bonds. The van der Waals surface area contributed by atoms with E-state index in [1.54, 1.807) is 0 Å². The van der Waals surface area contributed by atoms with Gasteiger partial charge < -0.3 is 0 Å². The zero-order valence-electron chi connectivity index (χ0n) is 8.24. The molecule has 0 aliphatic heterocycles. The Morgan fingerprint density at radius 2 is 2.00 bits per heavy atom. The molecule has 0 radical (unpaired) electrons. The van der Waals surface area contributed by atoms with Crippen molar-refractivity contribution in [2.24, 2.45) is 0 Å². The summed E-state index contributed by atoms with van der Waals surface area (Å²) in [6.07, 6.45) is 2.23. The Balaban J connectivity index is 3.22. The molecule has 0 aliphatic carbocycles. The van der Waals surface area contributed by atoms with E-state index in [2.05, 4.69) is 43.9 Å². The van der Waals surface area contributed by atoms with Gasteiger partial charge in [0.15, 0.2) is 0 Å². The third kappa shape index (κ3) is 10.5. The summed E-state index contributed by atoms with van der Waals surface area (Å²) in [4.78, 5) is 0. The van der Waals surface area contributed by atoms with Gasteiger partial charge in [0.2, 0.25) is 0 Å². The molecule has 3 heteroatoms. The summed E-state index contributed by atoms with van der Waals surface area (Å²) in [5.74, 6) is 0.